The molecule has 4 aromatic rings. The molecule has 4 aromatic carbocycles. The van der Waals surface area contributed by atoms with Crippen molar-refractivity contribution in [1.82, 2.24) is 0 Å². The van der Waals surface area contributed by atoms with Gasteiger partial charge in [-0.25, -0.2) is 4.79 Å². The summed E-state index contributed by atoms with van der Waals surface area (Å²) in [6, 6.07) is 24.1. The third kappa shape index (κ3) is 4.09. The van der Waals surface area contributed by atoms with Gasteiger partial charge in [-0.1, -0.05) is 60.7 Å². The van der Waals surface area contributed by atoms with Crippen molar-refractivity contribution < 1.29 is 24.3 Å². The molecule has 144 valence electrons. The van der Waals surface area contributed by atoms with E-state index < -0.39 is 13.1 Å². The second kappa shape index (κ2) is 8.35. The average molecular weight is 386 g/mol. The molecule has 0 heterocycles. The van der Waals surface area contributed by atoms with Crippen LogP contribution in [0.25, 0.3) is 21.5 Å². The number of carbonyl (C=O) groups is 1. The second-order valence-electron chi connectivity index (χ2n) is 6.63. The Morgan fingerprint density at radius 1 is 0.793 bits per heavy atom. The summed E-state index contributed by atoms with van der Waals surface area (Å²) in [6.45, 7) is 0.317. The summed E-state index contributed by atoms with van der Waals surface area (Å²) in [5.74, 6) is 0.284. The second-order valence-corrected chi connectivity index (χ2v) is 6.63. The Bertz CT molecular complexity index is 1100. The van der Waals surface area contributed by atoms with Gasteiger partial charge in [-0.2, -0.15) is 0 Å². The van der Waals surface area contributed by atoms with E-state index in [1.807, 2.05) is 48.5 Å². The number of hydrogen-bond donors (Lipinski definition) is 2. The van der Waals surface area contributed by atoms with E-state index in [9.17, 15) is 4.79 Å². The van der Waals surface area contributed by atoms with E-state index in [1.54, 1.807) is 0 Å². The molecule has 0 amide bonds. The Hall–Kier alpha value is -3.35. The van der Waals surface area contributed by atoms with Crippen LogP contribution in [0.3, 0.4) is 0 Å². The molecular formula is C23H19BO5. The van der Waals surface area contributed by atoms with E-state index in [0.717, 1.165) is 27.3 Å². The van der Waals surface area contributed by atoms with Gasteiger partial charge in [0.15, 0.2) is 0 Å². The predicted octanol–water partition coefficient (Wildman–Crippen LogP) is 2.91. The van der Waals surface area contributed by atoms with Crippen LogP contribution in [0, 0.1) is 0 Å². The van der Waals surface area contributed by atoms with Crippen molar-refractivity contribution in [2.45, 2.75) is 0 Å². The standard InChI is InChI=1S/C23H19BO5/c25-23(16-9-11-19(12-10-16)24(26)27)29-14-13-28-22-20-7-3-1-5-17(20)15-18-6-2-4-8-21(18)22/h1-12,15,26-27H,13-14H2. The molecule has 5 nitrogen and oxygen atoms in total. The highest BCUT2D eigenvalue weighted by Gasteiger charge is 2.13. The zero-order valence-electron chi connectivity index (χ0n) is 15.6. The van der Waals surface area contributed by atoms with E-state index in [-0.39, 0.29) is 13.2 Å². The molecule has 0 aliphatic heterocycles. The highest BCUT2D eigenvalue weighted by molar-refractivity contribution is 6.58. The van der Waals surface area contributed by atoms with E-state index in [0.29, 0.717) is 11.0 Å². The maximum Gasteiger partial charge on any atom is 0.488 e. The van der Waals surface area contributed by atoms with Crippen LogP contribution in [0.2, 0.25) is 0 Å². The minimum Gasteiger partial charge on any atom is -0.489 e. The van der Waals surface area contributed by atoms with Crippen molar-refractivity contribution in [3.05, 3.63) is 84.4 Å². The summed E-state index contributed by atoms with van der Waals surface area (Å²) < 4.78 is 11.3. The number of hydrogen-bond acceptors (Lipinski definition) is 5. The van der Waals surface area contributed by atoms with Crippen molar-refractivity contribution in [1.29, 1.82) is 0 Å². The minimum absolute atomic E-state index is 0.0980. The summed E-state index contributed by atoms with van der Waals surface area (Å²) in [7, 11) is -1.57. The molecule has 0 aliphatic rings. The third-order valence-electron chi connectivity index (χ3n) is 4.73. The molecule has 2 N–H and O–H groups in total. The number of rotatable bonds is 6. The summed E-state index contributed by atoms with van der Waals surface area (Å²) in [5.41, 5.74) is 0.651. The summed E-state index contributed by atoms with van der Waals surface area (Å²) in [6.07, 6.45) is 0. The normalized spacial score (nSPS) is 10.8. The zero-order valence-corrected chi connectivity index (χ0v) is 15.6. The Morgan fingerprint density at radius 2 is 1.38 bits per heavy atom. The first-order valence-corrected chi connectivity index (χ1v) is 9.30. The molecular weight excluding hydrogens is 367 g/mol. The number of carbonyl (C=O) groups excluding carboxylic acids is 1. The molecule has 6 heteroatoms. The Kier molecular flexibility index (Phi) is 5.47. The van der Waals surface area contributed by atoms with Crippen LogP contribution in [0.4, 0.5) is 0 Å². The topological polar surface area (TPSA) is 76.0 Å². The van der Waals surface area contributed by atoms with Crippen molar-refractivity contribution in [3.63, 3.8) is 0 Å². The highest BCUT2D eigenvalue weighted by Crippen LogP contribution is 2.34. The van der Waals surface area contributed by atoms with Crippen LogP contribution in [0.1, 0.15) is 10.4 Å². The summed E-state index contributed by atoms with van der Waals surface area (Å²) in [4.78, 5) is 12.2. The quantitative estimate of drug-likeness (QED) is 0.231. The van der Waals surface area contributed by atoms with E-state index >= 15 is 0 Å². The van der Waals surface area contributed by atoms with Crippen molar-refractivity contribution in [3.8, 4) is 5.75 Å². The molecule has 0 bridgehead atoms. The van der Waals surface area contributed by atoms with Gasteiger partial charge in [0.1, 0.15) is 19.0 Å². The molecule has 0 fully saturated rings. The SMILES string of the molecule is O=C(OCCOc1c2ccccc2cc2ccccc12)c1ccc(B(O)O)cc1. The molecule has 0 spiro atoms. The maximum atomic E-state index is 12.2. The van der Waals surface area contributed by atoms with Gasteiger partial charge in [0.2, 0.25) is 0 Å². The Balaban J connectivity index is 1.45. The molecule has 0 aromatic heterocycles. The van der Waals surface area contributed by atoms with Gasteiger partial charge in [-0.15, -0.1) is 0 Å². The van der Waals surface area contributed by atoms with Crippen LogP contribution in [0.5, 0.6) is 5.75 Å². The Labute approximate surface area is 168 Å². The summed E-state index contributed by atoms with van der Waals surface area (Å²) in [5, 5.41) is 22.4. The van der Waals surface area contributed by atoms with Crippen LogP contribution in [-0.2, 0) is 4.74 Å². The first-order valence-electron chi connectivity index (χ1n) is 9.30. The number of benzene rings is 4. The van der Waals surface area contributed by atoms with Gasteiger partial charge in [0.25, 0.3) is 0 Å². The fourth-order valence-electron chi connectivity index (χ4n) is 3.28. The van der Waals surface area contributed by atoms with Gasteiger partial charge in [-0.05, 0) is 34.4 Å². The smallest absolute Gasteiger partial charge is 0.488 e. The summed E-state index contributed by atoms with van der Waals surface area (Å²) >= 11 is 0. The fraction of sp³-hybridized carbons (Fsp3) is 0.0870. The largest absolute Gasteiger partial charge is 0.489 e. The molecule has 4 rings (SSSR count). The Morgan fingerprint density at radius 3 is 1.97 bits per heavy atom. The van der Waals surface area contributed by atoms with Gasteiger partial charge in [-0.3, -0.25) is 0 Å². The minimum atomic E-state index is -1.57. The molecule has 0 saturated heterocycles. The molecule has 0 unspecified atom stereocenters. The molecule has 29 heavy (non-hydrogen) atoms. The van der Waals surface area contributed by atoms with Crippen LogP contribution in [0.15, 0.2) is 78.9 Å². The lowest BCUT2D eigenvalue weighted by molar-refractivity contribution is 0.0452. The third-order valence-corrected chi connectivity index (χ3v) is 4.73. The van der Waals surface area contributed by atoms with Gasteiger partial charge < -0.3 is 19.5 Å². The van der Waals surface area contributed by atoms with E-state index in [2.05, 4.69) is 6.07 Å². The lowest BCUT2D eigenvalue weighted by atomic mass is 9.80. The van der Waals surface area contributed by atoms with Gasteiger partial charge in [0, 0.05) is 10.8 Å². The van der Waals surface area contributed by atoms with Crippen LogP contribution < -0.4 is 10.2 Å². The average Bonchev–Trinajstić information content (AvgIpc) is 2.75. The van der Waals surface area contributed by atoms with Crippen LogP contribution in [-0.4, -0.2) is 36.3 Å². The van der Waals surface area contributed by atoms with Gasteiger partial charge in [0.05, 0.1) is 5.56 Å². The molecule has 0 saturated carbocycles. The molecule has 0 aliphatic carbocycles. The first-order chi connectivity index (χ1) is 14.1. The zero-order chi connectivity index (χ0) is 20.2. The number of esters is 1. The number of ether oxygens (including phenoxy) is 2. The molecule has 0 atom stereocenters. The molecule has 0 radical (unpaired) electrons. The van der Waals surface area contributed by atoms with Crippen molar-refractivity contribution in [2.24, 2.45) is 0 Å². The maximum absolute atomic E-state index is 12.2. The fourth-order valence-corrected chi connectivity index (χ4v) is 3.28. The van der Waals surface area contributed by atoms with E-state index in [1.165, 1.54) is 24.3 Å². The van der Waals surface area contributed by atoms with Crippen molar-refractivity contribution in [2.75, 3.05) is 13.2 Å². The van der Waals surface area contributed by atoms with Crippen molar-refractivity contribution >= 4 is 40.1 Å². The lowest BCUT2D eigenvalue weighted by Crippen LogP contribution is -2.29. The predicted molar refractivity (Wildman–Crippen MR) is 113 cm³/mol. The van der Waals surface area contributed by atoms with Gasteiger partial charge >= 0.3 is 13.1 Å². The van der Waals surface area contributed by atoms with Crippen LogP contribution >= 0.6 is 0 Å². The van der Waals surface area contributed by atoms with E-state index in [4.69, 9.17) is 19.5 Å². The highest BCUT2D eigenvalue weighted by atomic mass is 16.6. The number of fused-ring (bicyclic) bond motifs is 2. The lowest BCUT2D eigenvalue weighted by Gasteiger charge is -2.13. The first kappa shape index (κ1) is 19.0. The monoisotopic (exact) mass is 386 g/mol.